The number of esters is 1. The highest BCUT2D eigenvalue weighted by atomic mass is 16.6. The maximum atomic E-state index is 11.8. The molecule has 3 aromatic rings. The fourth-order valence-electron chi connectivity index (χ4n) is 3.01. The van der Waals surface area contributed by atoms with Gasteiger partial charge in [-0.1, -0.05) is 12.1 Å². The number of benzene rings is 2. The van der Waals surface area contributed by atoms with Crippen LogP contribution >= 0.6 is 0 Å². The van der Waals surface area contributed by atoms with Crippen molar-refractivity contribution in [3.63, 3.8) is 0 Å². The Kier molecular flexibility index (Phi) is 4.16. The van der Waals surface area contributed by atoms with Crippen molar-refractivity contribution in [3.05, 3.63) is 53.3 Å². The van der Waals surface area contributed by atoms with Gasteiger partial charge >= 0.3 is 5.97 Å². The molecule has 1 aliphatic heterocycles. The van der Waals surface area contributed by atoms with Gasteiger partial charge in [0.15, 0.2) is 11.5 Å². The number of hydrogen-bond donors (Lipinski definition) is 0. The molecule has 0 N–H and O–H groups in total. The van der Waals surface area contributed by atoms with Gasteiger partial charge in [0.2, 0.25) is 5.76 Å². The van der Waals surface area contributed by atoms with Crippen LogP contribution in [0.4, 0.5) is 0 Å². The van der Waals surface area contributed by atoms with Crippen molar-refractivity contribution in [1.82, 2.24) is 0 Å². The van der Waals surface area contributed by atoms with Crippen LogP contribution in [0.25, 0.3) is 11.0 Å². The lowest BCUT2D eigenvalue weighted by molar-refractivity contribution is 0.0566. The van der Waals surface area contributed by atoms with Gasteiger partial charge in [0.1, 0.15) is 31.2 Å². The van der Waals surface area contributed by atoms with E-state index in [4.69, 9.17) is 23.4 Å². The van der Waals surface area contributed by atoms with Crippen LogP contribution in [0.15, 0.2) is 40.8 Å². The van der Waals surface area contributed by atoms with Gasteiger partial charge in [-0.3, -0.25) is 0 Å². The van der Waals surface area contributed by atoms with Gasteiger partial charge in [-0.05, 0) is 36.8 Å². The Morgan fingerprint density at radius 3 is 2.73 bits per heavy atom. The lowest BCUT2D eigenvalue weighted by Crippen LogP contribution is -2.15. The van der Waals surface area contributed by atoms with Crippen LogP contribution in [0.3, 0.4) is 0 Å². The summed E-state index contributed by atoms with van der Waals surface area (Å²) >= 11 is 0. The second-order valence-electron chi connectivity index (χ2n) is 5.94. The Bertz CT molecular complexity index is 972. The van der Waals surface area contributed by atoms with E-state index in [2.05, 4.69) is 0 Å². The van der Waals surface area contributed by atoms with E-state index in [1.165, 1.54) is 7.11 Å². The van der Waals surface area contributed by atoms with E-state index in [0.29, 0.717) is 36.7 Å². The third kappa shape index (κ3) is 2.83. The van der Waals surface area contributed by atoms with Crippen LogP contribution in [0, 0.1) is 6.92 Å². The average Bonchev–Trinajstić information content (AvgIpc) is 3.03. The van der Waals surface area contributed by atoms with E-state index in [1.807, 2.05) is 37.3 Å². The molecular weight excluding hydrogens is 336 g/mol. The molecule has 0 atom stereocenters. The number of ether oxygens (including phenoxy) is 4. The third-order valence-electron chi connectivity index (χ3n) is 4.29. The lowest BCUT2D eigenvalue weighted by atomic mass is 10.1. The zero-order valence-corrected chi connectivity index (χ0v) is 14.5. The first kappa shape index (κ1) is 16.3. The van der Waals surface area contributed by atoms with E-state index in [9.17, 15) is 4.79 Å². The number of hydrogen-bond acceptors (Lipinski definition) is 6. The van der Waals surface area contributed by atoms with Gasteiger partial charge in [-0.2, -0.15) is 0 Å². The Labute approximate surface area is 150 Å². The molecule has 1 aliphatic rings. The van der Waals surface area contributed by atoms with Crippen molar-refractivity contribution < 1.29 is 28.2 Å². The Morgan fingerprint density at radius 1 is 1.12 bits per heavy atom. The van der Waals surface area contributed by atoms with Gasteiger partial charge in [0.25, 0.3) is 0 Å². The largest absolute Gasteiger partial charge is 0.488 e. The van der Waals surface area contributed by atoms with E-state index in [0.717, 1.165) is 22.4 Å². The summed E-state index contributed by atoms with van der Waals surface area (Å²) in [7, 11) is 1.33. The quantitative estimate of drug-likeness (QED) is 0.663. The Balaban J connectivity index is 1.61. The van der Waals surface area contributed by atoms with Crippen LogP contribution in [0.2, 0.25) is 0 Å². The minimum atomic E-state index is -0.503. The maximum absolute atomic E-state index is 11.8. The Hall–Kier alpha value is -3.15. The summed E-state index contributed by atoms with van der Waals surface area (Å²) in [6, 6.07) is 11.2. The molecule has 1 aromatic heterocycles. The number of aryl methyl sites for hydroxylation is 1. The second kappa shape index (κ2) is 6.63. The molecule has 0 fully saturated rings. The van der Waals surface area contributed by atoms with Crippen molar-refractivity contribution in [2.24, 2.45) is 0 Å². The number of furan rings is 1. The zero-order valence-electron chi connectivity index (χ0n) is 14.5. The topological polar surface area (TPSA) is 67.1 Å². The van der Waals surface area contributed by atoms with Gasteiger partial charge in [-0.15, -0.1) is 0 Å². The summed E-state index contributed by atoms with van der Waals surface area (Å²) in [6.45, 7) is 3.28. The maximum Gasteiger partial charge on any atom is 0.374 e. The van der Waals surface area contributed by atoms with E-state index >= 15 is 0 Å². The van der Waals surface area contributed by atoms with Crippen LogP contribution in [-0.2, 0) is 11.3 Å². The molecule has 6 nitrogen and oxygen atoms in total. The molecular formula is C20H18O6. The smallest absolute Gasteiger partial charge is 0.374 e. The molecule has 0 saturated heterocycles. The van der Waals surface area contributed by atoms with Crippen molar-refractivity contribution in [2.45, 2.75) is 13.5 Å². The van der Waals surface area contributed by atoms with E-state index in [1.54, 1.807) is 6.07 Å². The summed E-state index contributed by atoms with van der Waals surface area (Å²) in [5, 5.41) is 0.769. The predicted octanol–water partition coefficient (Wildman–Crippen LogP) is 3.88. The first-order chi connectivity index (χ1) is 12.7. The number of fused-ring (bicyclic) bond motifs is 2. The van der Waals surface area contributed by atoms with Gasteiger partial charge in [0.05, 0.1) is 12.5 Å². The number of rotatable bonds is 4. The SMILES string of the molecule is COC(=O)c1oc2cccc(OCc3ccc4c(c3)OCCO4)c2c1C. The summed E-state index contributed by atoms with van der Waals surface area (Å²) in [5.41, 5.74) is 2.24. The first-order valence-corrected chi connectivity index (χ1v) is 8.29. The molecule has 26 heavy (non-hydrogen) atoms. The van der Waals surface area contributed by atoms with Gasteiger partial charge < -0.3 is 23.4 Å². The van der Waals surface area contributed by atoms with Crippen molar-refractivity contribution >= 4 is 16.9 Å². The molecule has 134 valence electrons. The lowest BCUT2D eigenvalue weighted by Gasteiger charge is -2.19. The third-order valence-corrected chi connectivity index (χ3v) is 4.29. The van der Waals surface area contributed by atoms with Crippen molar-refractivity contribution in [1.29, 1.82) is 0 Å². The highest BCUT2D eigenvalue weighted by Crippen LogP contribution is 2.35. The fraction of sp³-hybridized carbons (Fsp3) is 0.250. The molecule has 2 aromatic carbocycles. The average molecular weight is 354 g/mol. The van der Waals surface area contributed by atoms with Gasteiger partial charge in [0, 0.05) is 5.56 Å². The summed E-state index contributed by atoms with van der Waals surface area (Å²) in [5.74, 6) is 1.81. The normalized spacial score (nSPS) is 12.8. The van der Waals surface area contributed by atoms with Crippen LogP contribution < -0.4 is 14.2 Å². The molecule has 0 spiro atoms. The molecule has 6 heteroatoms. The molecule has 0 aliphatic carbocycles. The minimum Gasteiger partial charge on any atom is -0.488 e. The molecule has 0 bridgehead atoms. The monoisotopic (exact) mass is 354 g/mol. The molecule has 0 amide bonds. The van der Waals surface area contributed by atoms with Gasteiger partial charge in [-0.25, -0.2) is 4.79 Å². The predicted molar refractivity (Wildman–Crippen MR) is 94.1 cm³/mol. The van der Waals surface area contributed by atoms with E-state index in [-0.39, 0.29) is 5.76 Å². The van der Waals surface area contributed by atoms with Crippen LogP contribution in [0.1, 0.15) is 21.7 Å². The number of carbonyl (C=O) groups is 1. The van der Waals surface area contributed by atoms with Crippen molar-refractivity contribution in [2.75, 3.05) is 20.3 Å². The highest BCUT2D eigenvalue weighted by molar-refractivity contribution is 5.98. The van der Waals surface area contributed by atoms with Crippen LogP contribution in [0.5, 0.6) is 17.2 Å². The minimum absolute atomic E-state index is 0.192. The number of methoxy groups -OCH3 is 1. The van der Waals surface area contributed by atoms with Crippen molar-refractivity contribution in [3.8, 4) is 17.2 Å². The van der Waals surface area contributed by atoms with Crippen LogP contribution in [-0.4, -0.2) is 26.3 Å². The second-order valence-corrected chi connectivity index (χ2v) is 5.94. The Morgan fingerprint density at radius 2 is 1.92 bits per heavy atom. The standard InChI is InChI=1S/C20H18O6/c1-12-18-15(4-3-5-16(18)26-19(12)20(21)22-2)25-11-13-6-7-14-17(10-13)24-9-8-23-14/h3-7,10H,8-9,11H2,1-2H3. The molecule has 0 radical (unpaired) electrons. The van der Waals surface area contributed by atoms with E-state index < -0.39 is 5.97 Å². The highest BCUT2D eigenvalue weighted by Gasteiger charge is 2.21. The fourth-order valence-corrected chi connectivity index (χ4v) is 3.01. The molecule has 4 rings (SSSR count). The number of carbonyl (C=O) groups excluding carboxylic acids is 1. The summed E-state index contributed by atoms with van der Waals surface area (Å²) in [4.78, 5) is 11.8. The summed E-state index contributed by atoms with van der Waals surface area (Å²) in [6.07, 6.45) is 0. The molecule has 0 saturated carbocycles. The zero-order chi connectivity index (χ0) is 18.1. The molecule has 2 heterocycles. The summed E-state index contributed by atoms with van der Waals surface area (Å²) < 4.78 is 27.5. The first-order valence-electron chi connectivity index (χ1n) is 8.29. The molecule has 0 unspecified atom stereocenters.